The zero-order valence-corrected chi connectivity index (χ0v) is 15.1. The lowest BCUT2D eigenvalue weighted by molar-refractivity contribution is 0.0705. The van der Waals surface area contributed by atoms with Gasteiger partial charge in [-0.15, -0.1) is 10.2 Å². The van der Waals surface area contributed by atoms with Crippen LogP contribution in [-0.2, 0) is 0 Å². The molecule has 0 spiro atoms. The number of nitrogens with one attached hydrogen (secondary N) is 1. The molecule has 4 heterocycles. The van der Waals surface area contributed by atoms with Crippen LogP contribution in [0.1, 0.15) is 40.8 Å². The molecule has 1 aromatic carbocycles. The fourth-order valence-corrected chi connectivity index (χ4v) is 3.85. The first-order chi connectivity index (χ1) is 13.2. The lowest BCUT2D eigenvalue weighted by Crippen LogP contribution is -2.38. The smallest absolute Gasteiger partial charge is 0.270 e. The Hall–Kier alpha value is -3.22. The summed E-state index contributed by atoms with van der Waals surface area (Å²) in [7, 11) is 0. The Labute approximate surface area is 156 Å². The quantitative estimate of drug-likeness (QED) is 0.596. The second-order valence-electron chi connectivity index (χ2n) is 7.14. The van der Waals surface area contributed by atoms with E-state index in [0.717, 1.165) is 40.9 Å². The average molecular weight is 360 g/mol. The lowest BCUT2D eigenvalue weighted by Gasteiger charge is -2.30. The summed E-state index contributed by atoms with van der Waals surface area (Å²) in [6, 6.07) is 13.8. The number of rotatable bonds is 2. The SMILES string of the molecule is Cc1ccc2nnc(C3CCN(C(=O)c4cc5ccccc5[nH]4)CC3)n2n1. The molecule has 1 fully saturated rings. The molecule has 0 bridgehead atoms. The number of para-hydroxylation sites is 1. The Morgan fingerprint density at radius 2 is 1.93 bits per heavy atom. The molecule has 0 saturated carbocycles. The zero-order chi connectivity index (χ0) is 18.4. The van der Waals surface area contributed by atoms with E-state index in [2.05, 4.69) is 20.3 Å². The molecule has 1 amide bonds. The normalized spacial score (nSPS) is 15.7. The van der Waals surface area contributed by atoms with Crippen molar-refractivity contribution in [2.24, 2.45) is 0 Å². The summed E-state index contributed by atoms with van der Waals surface area (Å²) < 4.78 is 1.84. The van der Waals surface area contributed by atoms with E-state index in [1.807, 2.05) is 58.8 Å². The van der Waals surface area contributed by atoms with Crippen molar-refractivity contribution in [1.29, 1.82) is 0 Å². The highest BCUT2D eigenvalue weighted by Crippen LogP contribution is 2.28. The van der Waals surface area contributed by atoms with Crippen LogP contribution < -0.4 is 0 Å². The standard InChI is InChI=1S/C20H20N6O/c1-13-6-7-18-22-23-19(26(18)24-13)14-8-10-25(11-9-14)20(27)17-12-15-4-2-3-5-16(15)21-17/h2-7,12,14,21H,8-11H2,1H3. The number of likely N-dealkylation sites (tertiary alicyclic amines) is 1. The van der Waals surface area contributed by atoms with Gasteiger partial charge in [0.05, 0.1) is 5.69 Å². The number of aromatic amines is 1. The van der Waals surface area contributed by atoms with Crippen LogP contribution in [0.25, 0.3) is 16.6 Å². The van der Waals surface area contributed by atoms with Gasteiger partial charge >= 0.3 is 0 Å². The van der Waals surface area contributed by atoms with Gasteiger partial charge in [-0.3, -0.25) is 4.79 Å². The Morgan fingerprint density at radius 1 is 1.11 bits per heavy atom. The summed E-state index contributed by atoms with van der Waals surface area (Å²) in [6.07, 6.45) is 1.73. The van der Waals surface area contributed by atoms with Crippen molar-refractivity contribution in [3.63, 3.8) is 0 Å². The second-order valence-corrected chi connectivity index (χ2v) is 7.14. The third-order valence-corrected chi connectivity index (χ3v) is 5.33. The van der Waals surface area contributed by atoms with Crippen molar-refractivity contribution in [3.05, 3.63) is 59.7 Å². The first kappa shape index (κ1) is 16.0. The molecule has 0 aliphatic carbocycles. The molecular formula is C20H20N6O. The fourth-order valence-electron chi connectivity index (χ4n) is 3.85. The number of aryl methyl sites for hydroxylation is 1. The highest BCUT2D eigenvalue weighted by atomic mass is 16.2. The molecular weight excluding hydrogens is 340 g/mol. The van der Waals surface area contributed by atoms with Crippen LogP contribution in [0, 0.1) is 6.92 Å². The highest BCUT2D eigenvalue weighted by Gasteiger charge is 2.28. The molecule has 0 radical (unpaired) electrons. The zero-order valence-electron chi connectivity index (χ0n) is 15.1. The van der Waals surface area contributed by atoms with Crippen LogP contribution in [-0.4, -0.2) is 48.7 Å². The number of aromatic nitrogens is 5. The predicted molar refractivity (Wildman–Crippen MR) is 102 cm³/mol. The van der Waals surface area contributed by atoms with E-state index in [9.17, 15) is 4.79 Å². The van der Waals surface area contributed by atoms with Crippen LogP contribution in [0.5, 0.6) is 0 Å². The summed E-state index contributed by atoms with van der Waals surface area (Å²) in [5.41, 5.74) is 3.36. The average Bonchev–Trinajstić information content (AvgIpc) is 3.31. The Bertz CT molecular complexity index is 1100. The van der Waals surface area contributed by atoms with Crippen molar-refractivity contribution in [2.45, 2.75) is 25.7 Å². The minimum atomic E-state index is 0.0599. The number of nitrogens with zero attached hydrogens (tertiary/aromatic N) is 5. The third kappa shape index (κ3) is 2.75. The Balaban J connectivity index is 1.33. The van der Waals surface area contributed by atoms with Crippen molar-refractivity contribution in [2.75, 3.05) is 13.1 Å². The summed E-state index contributed by atoms with van der Waals surface area (Å²) in [4.78, 5) is 18.0. The van der Waals surface area contributed by atoms with Crippen LogP contribution in [0.4, 0.5) is 0 Å². The van der Waals surface area contributed by atoms with Gasteiger partial charge in [0.15, 0.2) is 11.5 Å². The molecule has 7 heteroatoms. The number of hydrogen-bond acceptors (Lipinski definition) is 4. The first-order valence-corrected chi connectivity index (χ1v) is 9.25. The molecule has 1 aliphatic rings. The molecule has 5 rings (SSSR count). The van der Waals surface area contributed by atoms with Crippen LogP contribution in [0.2, 0.25) is 0 Å². The summed E-state index contributed by atoms with van der Waals surface area (Å²) in [6.45, 7) is 3.38. The molecule has 4 aromatic rings. The van der Waals surface area contributed by atoms with Gasteiger partial charge in [-0.05, 0) is 44.0 Å². The molecule has 1 aliphatic heterocycles. The molecule has 136 valence electrons. The molecule has 1 saturated heterocycles. The van der Waals surface area contributed by atoms with E-state index in [1.165, 1.54) is 0 Å². The summed E-state index contributed by atoms with van der Waals surface area (Å²) in [5.74, 6) is 1.22. The number of H-pyrrole nitrogens is 1. The van der Waals surface area contributed by atoms with Gasteiger partial charge in [-0.25, -0.2) is 0 Å². The van der Waals surface area contributed by atoms with E-state index < -0.39 is 0 Å². The van der Waals surface area contributed by atoms with Gasteiger partial charge in [0.2, 0.25) is 0 Å². The van der Waals surface area contributed by atoms with E-state index >= 15 is 0 Å². The van der Waals surface area contributed by atoms with Crippen LogP contribution >= 0.6 is 0 Å². The van der Waals surface area contributed by atoms with Gasteiger partial charge in [0.1, 0.15) is 5.69 Å². The molecule has 0 atom stereocenters. The van der Waals surface area contributed by atoms with Gasteiger partial charge < -0.3 is 9.88 Å². The number of carbonyl (C=O) groups excluding carboxylic acids is 1. The van der Waals surface area contributed by atoms with E-state index in [1.54, 1.807) is 0 Å². The van der Waals surface area contributed by atoms with Crippen molar-refractivity contribution < 1.29 is 4.79 Å². The van der Waals surface area contributed by atoms with Crippen molar-refractivity contribution in [3.8, 4) is 0 Å². The number of fused-ring (bicyclic) bond motifs is 2. The number of amides is 1. The maximum atomic E-state index is 12.9. The topological polar surface area (TPSA) is 79.2 Å². The maximum absolute atomic E-state index is 12.9. The van der Waals surface area contributed by atoms with E-state index in [0.29, 0.717) is 18.8 Å². The van der Waals surface area contributed by atoms with E-state index in [4.69, 9.17) is 0 Å². The fraction of sp³-hybridized carbons (Fsp3) is 0.300. The lowest BCUT2D eigenvalue weighted by atomic mass is 9.96. The summed E-state index contributed by atoms with van der Waals surface area (Å²) >= 11 is 0. The molecule has 0 unspecified atom stereocenters. The number of benzene rings is 1. The number of piperidine rings is 1. The van der Waals surface area contributed by atoms with Crippen molar-refractivity contribution in [1.82, 2.24) is 29.7 Å². The minimum Gasteiger partial charge on any atom is -0.351 e. The van der Waals surface area contributed by atoms with Gasteiger partial charge in [-0.1, -0.05) is 18.2 Å². The van der Waals surface area contributed by atoms with Crippen LogP contribution in [0.3, 0.4) is 0 Å². The molecule has 3 aromatic heterocycles. The van der Waals surface area contributed by atoms with Gasteiger partial charge in [-0.2, -0.15) is 9.61 Å². The first-order valence-electron chi connectivity index (χ1n) is 9.25. The number of carbonyl (C=O) groups is 1. The van der Waals surface area contributed by atoms with Gasteiger partial charge in [0.25, 0.3) is 5.91 Å². The predicted octanol–water partition coefficient (Wildman–Crippen LogP) is 2.93. The van der Waals surface area contributed by atoms with Gasteiger partial charge in [0, 0.05) is 29.9 Å². The highest BCUT2D eigenvalue weighted by molar-refractivity contribution is 5.98. The Morgan fingerprint density at radius 3 is 2.74 bits per heavy atom. The largest absolute Gasteiger partial charge is 0.351 e. The van der Waals surface area contributed by atoms with E-state index in [-0.39, 0.29) is 11.8 Å². The van der Waals surface area contributed by atoms with Crippen LogP contribution in [0.15, 0.2) is 42.5 Å². The monoisotopic (exact) mass is 360 g/mol. The Kier molecular flexibility index (Phi) is 3.67. The maximum Gasteiger partial charge on any atom is 0.270 e. The molecule has 1 N–H and O–H groups in total. The third-order valence-electron chi connectivity index (χ3n) is 5.33. The number of hydrogen-bond donors (Lipinski definition) is 1. The van der Waals surface area contributed by atoms with Crippen molar-refractivity contribution >= 4 is 22.5 Å². The summed E-state index contributed by atoms with van der Waals surface area (Å²) in [5, 5.41) is 14.2. The molecule has 27 heavy (non-hydrogen) atoms. The minimum absolute atomic E-state index is 0.0599. The molecule has 7 nitrogen and oxygen atoms in total. The second kappa shape index (κ2) is 6.19.